The summed E-state index contributed by atoms with van der Waals surface area (Å²) in [6.07, 6.45) is 12.7. The summed E-state index contributed by atoms with van der Waals surface area (Å²) in [5, 5.41) is 11.7. The Morgan fingerprint density at radius 2 is 0.848 bits per heavy atom. The number of benzene rings is 8. The second kappa shape index (κ2) is 32.3. The highest BCUT2D eigenvalue weighted by atomic mass is 19.0. The van der Waals surface area contributed by atoms with Gasteiger partial charge >= 0.3 is 0 Å². The van der Waals surface area contributed by atoms with Gasteiger partial charge in [-0.05, 0) is 117 Å². The lowest BCUT2D eigenvalue weighted by atomic mass is 10.1. The first-order valence-corrected chi connectivity index (χ1v) is 27.5. The van der Waals surface area contributed by atoms with E-state index in [4.69, 9.17) is 4.42 Å². The molecule has 7 nitrogen and oxygen atoms in total. The quantitative estimate of drug-likeness (QED) is 0.0439. The predicted octanol–water partition coefficient (Wildman–Crippen LogP) is 19.2. The number of halogens is 1. The third-order valence-corrected chi connectivity index (χ3v) is 13.7. The number of rotatable bonds is 21. The van der Waals surface area contributed by atoms with Gasteiger partial charge in [-0.1, -0.05) is 182 Å². The van der Waals surface area contributed by atoms with Crippen molar-refractivity contribution in [2.45, 2.75) is 86.5 Å². The molecule has 1 heterocycles. The van der Waals surface area contributed by atoms with E-state index in [1.54, 1.807) is 42.5 Å². The van der Waals surface area contributed by atoms with Gasteiger partial charge in [-0.25, -0.2) is 0 Å². The molecule has 0 saturated carbocycles. The van der Waals surface area contributed by atoms with Crippen LogP contribution in [-0.2, 0) is 0 Å². The van der Waals surface area contributed by atoms with Crippen molar-refractivity contribution in [2.75, 3.05) is 36.0 Å². The number of para-hydroxylation sites is 4. The Morgan fingerprint density at radius 1 is 0.456 bits per heavy atom. The zero-order chi connectivity index (χ0) is 54.1. The van der Waals surface area contributed by atoms with Crippen LogP contribution in [0.5, 0.6) is 5.75 Å². The van der Waals surface area contributed by atoms with Crippen LogP contribution in [0.2, 0.25) is 0 Å². The molecule has 1 N–H and O–H groups in total. The lowest BCUT2D eigenvalue weighted by Gasteiger charge is -2.39. The molecular formula is C71H79FN3O4+. The number of aldehydes is 2. The van der Waals surface area contributed by atoms with Gasteiger partial charge < -0.3 is 23.8 Å². The zero-order valence-corrected chi connectivity index (χ0v) is 45.8. The van der Waals surface area contributed by atoms with Crippen molar-refractivity contribution in [1.82, 2.24) is 0 Å². The molecule has 0 amide bonds. The van der Waals surface area contributed by atoms with E-state index in [0.29, 0.717) is 16.7 Å². The molecule has 0 radical (unpaired) electrons. The van der Waals surface area contributed by atoms with Crippen LogP contribution in [0.3, 0.4) is 0 Å². The van der Waals surface area contributed by atoms with E-state index in [9.17, 15) is 14.7 Å². The fraction of sp³-hybridized carbons (Fsp3) is 0.239. The number of nitrogens with zero attached hydrogens (tertiary/aromatic N) is 3. The fourth-order valence-corrected chi connectivity index (χ4v) is 9.42. The SMILES string of the molecule is C.CCCC[N+](CCCC)(CCCC)CCCC.F.O=Cc1ccc(-c2cc3ccc(N(c4ccccc4)c4ccccc4)cc3o2)cc1.O=Cc1ccc(C#Cc2ccc(N(c3ccccc3)c3ccccc3)cc2O)cc1. The first-order valence-electron chi connectivity index (χ1n) is 27.5. The van der Waals surface area contributed by atoms with Gasteiger partial charge in [0.2, 0.25) is 0 Å². The van der Waals surface area contributed by atoms with Crippen molar-refractivity contribution in [3.05, 3.63) is 235 Å². The molecule has 0 aliphatic carbocycles. The number of fused-ring (bicyclic) bond motifs is 1. The standard InChI is InChI=1S/2C27H19NO2.C16H36N.CH4.FH/c29-19-20-11-13-21(14-12-20)26-17-22-15-16-25(18-27(22)30-26)28(23-7-3-1-4-8-23)24-9-5-2-6-10-24;29-20-22-13-11-21(12-14-22)15-16-23-17-18-26(19-27(23)30)28(24-7-3-1-4-8-24)25-9-5-2-6-10-25;1-5-9-13-17(14-10-6-2,15-11-7-3)16-12-8-4;;/h1-19H;1-14,17-20,30H;5-16H2,1-4H3;1H4;1H/q;;+1;;. The van der Waals surface area contributed by atoms with E-state index < -0.39 is 0 Å². The van der Waals surface area contributed by atoms with Crippen LogP contribution in [0, 0.1) is 11.8 Å². The van der Waals surface area contributed by atoms with Gasteiger partial charge in [0.05, 0.1) is 31.7 Å². The molecule has 79 heavy (non-hydrogen) atoms. The van der Waals surface area contributed by atoms with Crippen LogP contribution in [0.25, 0.3) is 22.3 Å². The number of phenols is 1. The molecule has 0 aliphatic rings. The molecule has 0 saturated heterocycles. The molecule has 0 atom stereocenters. The summed E-state index contributed by atoms with van der Waals surface area (Å²) < 4.78 is 7.60. The Hall–Kier alpha value is -8.51. The van der Waals surface area contributed by atoms with E-state index in [1.165, 1.54) is 82.0 Å². The van der Waals surface area contributed by atoms with Crippen LogP contribution in [0.15, 0.2) is 217 Å². The number of hydrogen-bond acceptors (Lipinski definition) is 6. The minimum Gasteiger partial charge on any atom is -0.507 e. The number of quaternary nitrogens is 1. The van der Waals surface area contributed by atoms with Gasteiger partial charge in [0, 0.05) is 73.9 Å². The van der Waals surface area contributed by atoms with Crippen molar-refractivity contribution in [3.63, 3.8) is 0 Å². The number of hydrogen-bond donors (Lipinski definition) is 1. The van der Waals surface area contributed by atoms with Gasteiger partial charge in [0.15, 0.2) is 0 Å². The highest BCUT2D eigenvalue weighted by Crippen LogP contribution is 2.39. The third kappa shape index (κ3) is 17.5. The number of unbranched alkanes of at least 4 members (excludes halogenated alkanes) is 4. The van der Waals surface area contributed by atoms with Crippen LogP contribution in [0.1, 0.15) is 118 Å². The van der Waals surface area contributed by atoms with Crippen LogP contribution >= 0.6 is 0 Å². The molecule has 1 aromatic heterocycles. The Labute approximate surface area is 469 Å². The highest BCUT2D eigenvalue weighted by Gasteiger charge is 2.25. The fourth-order valence-electron chi connectivity index (χ4n) is 9.42. The summed E-state index contributed by atoms with van der Waals surface area (Å²) in [5.41, 5.74) is 10.4. The maximum absolute atomic E-state index is 10.9. The molecule has 9 rings (SSSR count). The summed E-state index contributed by atoms with van der Waals surface area (Å²) in [7, 11) is 0. The molecule has 408 valence electrons. The van der Waals surface area contributed by atoms with Crippen LogP contribution < -0.4 is 9.80 Å². The van der Waals surface area contributed by atoms with Crippen molar-refractivity contribution in [2.24, 2.45) is 0 Å². The average molecular weight is 1060 g/mol. The third-order valence-electron chi connectivity index (χ3n) is 13.7. The molecular weight excluding hydrogens is 978 g/mol. The van der Waals surface area contributed by atoms with E-state index in [2.05, 4.69) is 91.8 Å². The zero-order valence-electron chi connectivity index (χ0n) is 45.8. The summed E-state index contributed by atoms with van der Waals surface area (Å²) in [6, 6.07) is 68.8. The smallest absolute Gasteiger partial charge is 0.150 e. The Kier molecular flexibility index (Phi) is 25.1. The predicted molar refractivity (Wildman–Crippen MR) is 331 cm³/mol. The lowest BCUT2D eigenvalue weighted by molar-refractivity contribution is -0.929. The molecule has 9 aromatic rings. The van der Waals surface area contributed by atoms with Gasteiger partial charge in [0.1, 0.15) is 29.7 Å². The van der Waals surface area contributed by atoms with Gasteiger partial charge in [0.25, 0.3) is 0 Å². The molecule has 8 aromatic carbocycles. The van der Waals surface area contributed by atoms with E-state index in [0.717, 1.165) is 74.6 Å². The summed E-state index contributed by atoms with van der Waals surface area (Å²) in [6.45, 7) is 15.0. The molecule has 0 fully saturated rings. The molecule has 0 bridgehead atoms. The number of anilines is 6. The molecule has 0 aliphatic heterocycles. The van der Waals surface area contributed by atoms with Crippen molar-refractivity contribution < 1.29 is 28.3 Å². The van der Waals surface area contributed by atoms with Crippen molar-refractivity contribution >= 4 is 57.7 Å². The maximum atomic E-state index is 10.9. The minimum absolute atomic E-state index is 0. The van der Waals surface area contributed by atoms with E-state index in [1.807, 2.05) is 127 Å². The van der Waals surface area contributed by atoms with Gasteiger partial charge in [-0.3, -0.25) is 14.3 Å². The number of furan rings is 1. The number of phenolic OH excluding ortho intramolecular Hbond substituents is 1. The van der Waals surface area contributed by atoms with Gasteiger partial charge in [-0.2, -0.15) is 0 Å². The summed E-state index contributed by atoms with van der Waals surface area (Å²) in [5.74, 6) is 6.93. The lowest BCUT2D eigenvalue weighted by Crippen LogP contribution is -2.50. The summed E-state index contributed by atoms with van der Waals surface area (Å²) in [4.78, 5) is 26.0. The monoisotopic (exact) mass is 1060 g/mol. The maximum Gasteiger partial charge on any atom is 0.150 e. The highest BCUT2D eigenvalue weighted by molar-refractivity contribution is 5.89. The number of carbonyl (C=O) groups excluding carboxylic acids is 2. The van der Waals surface area contributed by atoms with Crippen LogP contribution in [0.4, 0.5) is 38.8 Å². The second-order valence-corrected chi connectivity index (χ2v) is 19.4. The molecule has 8 heteroatoms. The second-order valence-electron chi connectivity index (χ2n) is 19.4. The topological polar surface area (TPSA) is 74.0 Å². The average Bonchev–Trinajstić information content (AvgIpc) is 3.98. The Morgan fingerprint density at radius 3 is 1.24 bits per heavy atom. The molecule has 0 unspecified atom stereocenters. The van der Waals surface area contributed by atoms with Crippen molar-refractivity contribution in [3.8, 4) is 28.9 Å². The number of aromatic hydroxyl groups is 1. The number of carbonyl (C=O) groups is 2. The van der Waals surface area contributed by atoms with Crippen LogP contribution in [-0.4, -0.2) is 48.3 Å². The van der Waals surface area contributed by atoms with E-state index in [-0.39, 0.29) is 17.9 Å². The Balaban J connectivity index is 0.000000225. The minimum atomic E-state index is 0. The first-order chi connectivity index (χ1) is 37.8. The molecule has 0 spiro atoms. The Bertz CT molecular complexity index is 3130. The normalized spacial score (nSPS) is 10.5. The van der Waals surface area contributed by atoms with E-state index >= 15 is 0 Å². The summed E-state index contributed by atoms with van der Waals surface area (Å²) >= 11 is 0. The largest absolute Gasteiger partial charge is 0.507 e. The first kappa shape index (κ1) is 61.3. The van der Waals surface area contributed by atoms with Crippen molar-refractivity contribution in [1.29, 1.82) is 0 Å². The van der Waals surface area contributed by atoms with Gasteiger partial charge in [-0.15, -0.1) is 0 Å².